The number of likely N-dealkylation sites (N-methyl/N-ethyl adjacent to an activating group) is 1. The number of nitrogens with zero attached hydrogens (tertiary/aromatic N) is 3. The summed E-state index contributed by atoms with van der Waals surface area (Å²) in [5.41, 5.74) is 1.63. The van der Waals surface area contributed by atoms with E-state index in [0.717, 1.165) is 30.6 Å². The zero-order chi connectivity index (χ0) is 16.4. The molecule has 6 nitrogen and oxygen atoms in total. The summed E-state index contributed by atoms with van der Waals surface area (Å²) in [4.78, 5) is 31.0. The smallest absolute Gasteiger partial charge is 0.261 e. The van der Waals surface area contributed by atoms with E-state index >= 15 is 0 Å². The van der Waals surface area contributed by atoms with Crippen molar-refractivity contribution in [1.82, 2.24) is 19.8 Å². The number of carbonyl (C=O) groups is 1. The highest BCUT2D eigenvalue weighted by Crippen LogP contribution is 2.12. The Labute approximate surface area is 147 Å². The van der Waals surface area contributed by atoms with Crippen molar-refractivity contribution in [2.45, 2.75) is 32.4 Å². The number of carbonyl (C=O) groups excluding carboxylic acids is 1. The van der Waals surface area contributed by atoms with Gasteiger partial charge in [-0.25, -0.2) is 4.98 Å². The quantitative estimate of drug-likeness (QED) is 0.903. The highest BCUT2D eigenvalue weighted by atomic mass is 35.5. The second kappa shape index (κ2) is 7.77. The molecule has 0 radical (unpaired) electrons. The summed E-state index contributed by atoms with van der Waals surface area (Å²) in [5.74, 6) is 0.0648. The van der Waals surface area contributed by atoms with Gasteiger partial charge in [0.1, 0.15) is 0 Å². The third-order valence-electron chi connectivity index (χ3n) is 4.60. The number of amides is 1. The van der Waals surface area contributed by atoms with Crippen LogP contribution in [0.1, 0.15) is 18.4 Å². The van der Waals surface area contributed by atoms with E-state index < -0.39 is 0 Å². The van der Waals surface area contributed by atoms with Crippen LogP contribution in [0.15, 0.2) is 29.3 Å². The number of aryl methyl sites for hydroxylation is 2. The first kappa shape index (κ1) is 18.4. The Balaban J connectivity index is 0.00000208. The van der Waals surface area contributed by atoms with Crippen molar-refractivity contribution in [3.05, 3.63) is 40.4 Å². The van der Waals surface area contributed by atoms with E-state index in [1.807, 2.05) is 26.1 Å². The van der Waals surface area contributed by atoms with E-state index in [0.29, 0.717) is 18.4 Å². The molecule has 1 aromatic heterocycles. The number of halogens is 1. The SMILES string of the molecule is Cc1cccc2c(=O)n(CCC(=O)N(C)C3CCNC3)cnc12.Cl. The number of hydrogen-bond donors (Lipinski definition) is 1. The third-order valence-corrected chi connectivity index (χ3v) is 4.60. The summed E-state index contributed by atoms with van der Waals surface area (Å²) < 4.78 is 1.53. The van der Waals surface area contributed by atoms with Crippen molar-refractivity contribution in [2.24, 2.45) is 0 Å². The fourth-order valence-electron chi connectivity index (χ4n) is 3.06. The Morgan fingerprint density at radius 1 is 1.46 bits per heavy atom. The lowest BCUT2D eigenvalue weighted by Crippen LogP contribution is -2.39. The molecule has 0 bridgehead atoms. The minimum Gasteiger partial charge on any atom is -0.341 e. The van der Waals surface area contributed by atoms with E-state index in [1.165, 1.54) is 4.57 Å². The molecule has 1 aliphatic heterocycles. The summed E-state index contributed by atoms with van der Waals surface area (Å²) in [6.07, 6.45) is 2.84. The van der Waals surface area contributed by atoms with Gasteiger partial charge in [0.25, 0.3) is 5.56 Å². The topological polar surface area (TPSA) is 67.2 Å². The van der Waals surface area contributed by atoms with Crippen LogP contribution in [0.4, 0.5) is 0 Å². The van der Waals surface area contributed by atoms with Crippen LogP contribution < -0.4 is 10.9 Å². The molecule has 3 rings (SSSR count). The Morgan fingerprint density at radius 2 is 2.25 bits per heavy atom. The number of para-hydroxylation sites is 1. The standard InChI is InChI=1S/C17H22N4O2.ClH/c1-12-4-3-5-14-16(12)19-11-21(17(14)23)9-7-15(22)20(2)13-6-8-18-10-13;/h3-5,11,13,18H,6-10H2,1-2H3;1H. The molecule has 1 atom stereocenters. The first-order valence-corrected chi connectivity index (χ1v) is 7.99. The van der Waals surface area contributed by atoms with Gasteiger partial charge in [0, 0.05) is 32.6 Å². The normalized spacial score (nSPS) is 16.8. The van der Waals surface area contributed by atoms with Crippen LogP contribution in [0.25, 0.3) is 10.9 Å². The van der Waals surface area contributed by atoms with Gasteiger partial charge in [0.05, 0.1) is 17.2 Å². The molecule has 2 heterocycles. The fourth-order valence-corrected chi connectivity index (χ4v) is 3.06. The van der Waals surface area contributed by atoms with E-state index in [1.54, 1.807) is 17.3 Å². The van der Waals surface area contributed by atoms with Crippen molar-refractivity contribution < 1.29 is 4.79 Å². The summed E-state index contributed by atoms with van der Waals surface area (Å²) in [6, 6.07) is 5.84. The molecule has 1 amide bonds. The molecule has 0 spiro atoms. The summed E-state index contributed by atoms with van der Waals surface area (Å²) in [6.45, 7) is 4.10. The van der Waals surface area contributed by atoms with E-state index in [-0.39, 0.29) is 29.9 Å². The molecule has 24 heavy (non-hydrogen) atoms. The Morgan fingerprint density at radius 3 is 2.96 bits per heavy atom. The molecule has 1 unspecified atom stereocenters. The maximum absolute atomic E-state index is 12.5. The van der Waals surface area contributed by atoms with Gasteiger partial charge in [-0.1, -0.05) is 12.1 Å². The molecule has 1 N–H and O–H groups in total. The molecule has 7 heteroatoms. The van der Waals surface area contributed by atoms with Gasteiger partial charge in [-0.05, 0) is 31.5 Å². The van der Waals surface area contributed by atoms with Crippen LogP contribution in [0.2, 0.25) is 0 Å². The van der Waals surface area contributed by atoms with Crippen LogP contribution in [0.5, 0.6) is 0 Å². The number of rotatable bonds is 4. The predicted molar refractivity (Wildman–Crippen MR) is 96.6 cm³/mol. The zero-order valence-corrected chi connectivity index (χ0v) is 14.8. The lowest BCUT2D eigenvalue weighted by atomic mass is 10.1. The maximum atomic E-state index is 12.5. The molecule has 1 aromatic carbocycles. The first-order valence-electron chi connectivity index (χ1n) is 7.99. The molecular weight excluding hydrogens is 328 g/mol. The van der Waals surface area contributed by atoms with Crippen LogP contribution in [0.3, 0.4) is 0 Å². The zero-order valence-electron chi connectivity index (χ0n) is 14.0. The minimum absolute atomic E-state index is 0. The van der Waals surface area contributed by atoms with Gasteiger partial charge < -0.3 is 10.2 Å². The van der Waals surface area contributed by atoms with Crippen molar-refractivity contribution in [1.29, 1.82) is 0 Å². The Bertz CT molecular complexity index is 784. The average Bonchev–Trinajstić information content (AvgIpc) is 3.08. The van der Waals surface area contributed by atoms with Gasteiger partial charge in [-0.2, -0.15) is 0 Å². The van der Waals surface area contributed by atoms with Crippen LogP contribution in [0, 0.1) is 6.92 Å². The average molecular weight is 351 g/mol. The lowest BCUT2D eigenvalue weighted by molar-refractivity contribution is -0.131. The first-order chi connectivity index (χ1) is 11.1. The number of benzene rings is 1. The van der Waals surface area contributed by atoms with E-state index in [9.17, 15) is 9.59 Å². The molecule has 0 aliphatic carbocycles. The van der Waals surface area contributed by atoms with Gasteiger partial charge in [-0.15, -0.1) is 12.4 Å². The highest BCUT2D eigenvalue weighted by Gasteiger charge is 2.22. The number of aromatic nitrogens is 2. The second-order valence-electron chi connectivity index (χ2n) is 6.12. The monoisotopic (exact) mass is 350 g/mol. The Kier molecular flexibility index (Phi) is 5.96. The van der Waals surface area contributed by atoms with Gasteiger partial charge in [0.2, 0.25) is 5.91 Å². The fraction of sp³-hybridized carbons (Fsp3) is 0.471. The van der Waals surface area contributed by atoms with Crippen molar-refractivity contribution in [3.8, 4) is 0 Å². The third kappa shape index (κ3) is 3.60. The largest absolute Gasteiger partial charge is 0.341 e. The maximum Gasteiger partial charge on any atom is 0.261 e. The molecule has 1 aliphatic rings. The van der Waals surface area contributed by atoms with E-state index in [2.05, 4.69) is 10.3 Å². The number of nitrogens with one attached hydrogen (secondary N) is 1. The second-order valence-corrected chi connectivity index (χ2v) is 6.12. The van der Waals surface area contributed by atoms with Gasteiger partial charge in [-0.3, -0.25) is 14.2 Å². The highest BCUT2D eigenvalue weighted by molar-refractivity contribution is 5.85. The molecule has 130 valence electrons. The molecular formula is C17H23ClN4O2. The van der Waals surface area contributed by atoms with Crippen LogP contribution >= 0.6 is 12.4 Å². The minimum atomic E-state index is -0.0864. The van der Waals surface area contributed by atoms with Crippen molar-refractivity contribution in [3.63, 3.8) is 0 Å². The lowest BCUT2D eigenvalue weighted by Gasteiger charge is -2.23. The molecule has 0 saturated carbocycles. The van der Waals surface area contributed by atoms with Crippen molar-refractivity contribution >= 4 is 29.2 Å². The van der Waals surface area contributed by atoms with E-state index in [4.69, 9.17) is 0 Å². The molecule has 2 aromatic rings. The number of fused-ring (bicyclic) bond motifs is 1. The van der Waals surface area contributed by atoms with Crippen LogP contribution in [-0.2, 0) is 11.3 Å². The molecule has 1 fully saturated rings. The van der Waals surface area contributed by atoms with Gasteiger partial charge in [0.15, 0.2) is 0 Å². The predicted octanol–water partition coefficient (Wildman–Crippen LogP) is 1.34. The number of hydrogen-bond acceptors (Lipinski definition) is 4. The Hall–Kier alpha value is -1.92. The van der Waals surface area contributed by atoms with Gasteiger partial charge >= 0.3 is 0 Å². The van der Waals surface area contributed by atoms with Crippen LogP contribution in [-0.4, -0.2) is 46.5 Å². The summed E-state index contributed by atoms with van der Waals surface area (Å²) >= 11 is 0. The summed E-state index contributed by atoms with van der Waals surface area (Å²) in [5, 5.41) is 3.86. The van der Waals surface area contributed by atoms with Crippen molar-refractivity contribution in [2.75, 3.05) is 20.1 Å². The molecule has 1 saturated heterocycles. The summed E-state index contributed by atoms with van der Waals surface area (Å²) in [7, 11) is 1.84.